The molecule has 0 saturated heterocycles. The summed E-state index contributed by atoms with van der Waals surface area (Å²) in [4.78, 5) is 12.0. The van der Waals surface area contributed by atoms with Gasteiger partial charge in [0.15, 0.2) is 14.8 Å². The molecule has 7 nitrogen and oxygen atoms in total. The van der Waals surface area contributed by atoms with Crippen molar-refractivity contribution >= 4 is 55.9 Å². The minimum atomic E-state index is -3.11. The van der Waals surface area contributed by atoms with Gasteiger partial charge in [-0.1, -0.05) is 117 Å². The summed E-state index contributed by atoms with van der Waals surface area (Å²) in [5.41, 5.74) is 1.24. The summed E-state index contributed by atoms with van der Waals surface area (Å²) in [6, 6.07) is 28.7. The molecule has 0 aliphatic rings. The van der Waals surface area contributed by atoms with E-state index >= 15 is 0 Å². The van der Waals surface area contributed by atoms with Gasteiger partial charge in [-0.15, -0.1) is 0 Å². The summed E-state index contributed by atoms with van der Waals surface area (Å²) in [6.07, 6.45) is -1.35. The Morgan fingerprint density at radius 1 is 0.915 bits per heavy atom. The highest BCUT2D eigenvalue weighted by atomic mass is 35.5. The van der Waals surface area contributed by atoms with Crippen molar-refractivity contribution in [3.05, 3.63) is 124 Å². The first-order valence-electron chi connectivity index (χ1n) is 15.0. The molecule has 4 aromatic rings. The highest BCUT2D eigenvalue weighted by Crippen LogP contribution is 2.39. The number of carboxylic acids is 1. The van der Waals surface area contributed by atoms with Crippen molar-refractivity contribution in [3.63, 3.8) is 0 Å². The molecule has 0 amide bonds. The van der Waals surface area contributed by atoms with Gasteiger partial charge in [0.05, 0.1) is 24.2 Å². The minimum Gasteiger partial charge on any atom is -0.488 e. The smallest absolute Gasteiger partial charge is 0.305 e. The molecule has 0 heterocycles. The third kappa shape index (κ3) is 10.00. The number of hydrogen-bond acceptors (Lipinski definition) is 6. The van der Waals surface area contributed by atoms with Crippen LogP contribution in [0.25, 0.3) is 0 Å². The zero-order chi connectivity index (χ0) is 34.0. The molecular weight excluding hydrogens is 681 g/mol. The summed E-state index contributed by atoms with van der Waals surface area (Å²) in [5, 5.41) is 12.0. The molecule has 12 heteroatoms. The van der Waals surface area contributed by atoms with Gasteiger partial charge >= 0.3 is 5.97 Å². The number of halogens is 3. The van der Waals surface area contributed by atoms with Crippen LogP contribution in [0, 0.1) is 5.82 Å². The van der Waals surface area contributed by atoms with Gasteiger partial charge < -0.3 is 23.5 Å². The Hall–Kier alpha value is -3.01. The van der Waals surface area contributed by atoms with Crippen molar-refractivity contribution in [2.24, 2.45) is 0 Å². The molecule has 1 N–H and O–H groups in total. The number of ether oxygens (including phenoxy) is 2. The molecule has 0 radical (unpaired) electrons. The van der Waals surface area contributed by atoms with Crippen molar-refractivity contribution in [1.82, 2.24) is 0 Å². The number of aliphatic carboxylic acids is 1. The second-order valence-corrected chi connectivity index (χ2v) is 18.5. The van der Waals surface area contributed by atoms with Crippen molar-refractivity contribution < 1.29 is 37.3 Å². The first-order chi connectivity index (χ1) is 22.4. The van der Waals surface area contributed by atoms with Gasteiger partial charge in [0.2, 0.25) is 0 Å². The highest BCUT2D eigenvalue weighted by molar-refractivity contribution is 7.39. The molecule has 0 aromatic heterocycles. The molecule has 0 saturated carbocycles. The second kappa shape index (κ2) is 16.9. The average Bonchev–Trinajstić information content (AvgIpc) is 3.02. The van der Waals surface area contributed by atoms with E-state index in [-0.39, 0.29) is 38.4 Å². The van der Waals surface area contributed by atoms with E-state index in [2.05, 4.69) is 20.8 Å². The molecule has 0 aliphatic heterocycles. The summed E-state index contributed by atoms with van der Waals surface area (Å²) >= 11 is 12.6. The topological polar surface area (TPSA) is 91.3 Å². The minimum absolute atomic E-state index is 0.0407. The molecule has 1 unspecified atom stereocenters. The Kier molecular flexibility index (Phi) is 13.2. The van der Waals surface area contributed by atoms with Crippen molar-refractivity contribution in [3.8, 4) is 5.75 Å². The van der Waals surface area contributed by atoms with E-state index < -0.39 is 33.5 Å². The number of benzene rings is 4. The SMILES string of the molecule is CC(C)(C)[Si](O[C@@H](CC(=O)O)C[PH](=O)OCOCc1c(Cl)cc(Cl)cc1OCc1ccc(F)cc1)(c1ccccc1)c1ccccc1. The first kappa shape index (κ1) is 36.8. The maximum absolute atomic E-state index is 13.3. The lowest BCUT2D eigenvalue weighted by atomic mass is 10.2. The van der Waals surface area contributed by atoms with E-state index in [0.717, 1.165) is 15.9 Å². The molecule has 4 rings (SSSR count). The number of hydrogen-bond donors (Lipinski definition) is 1. The molecule has 2 atom stereocenters. The summed E-state index contributed by atoms with van der Waals surface area (Å²) < 4.78 is 50.6. The Balaban J connectivity index is 1.45. The molecule has 0 spiro atoms. The third-order valence-electron chi connectivity index (χ3n) is 7.53. The van der Waals surface area contributed by atoms with Crippen LogP contribution in [0.3, 0.4) is 0 Å². The predicted molar refractivity (Wildman–Crippen MR) is 187 cm³/mol. The zero-order valence-electron chi connectivity index (χ0n) is 26.4. The van der Waals surface area contributed by atoms with Gasteiger partial charge in [-0.25, -0.2) is 4.39 Å². The molecule has 250 valence electrons. The third-order valence-corrected chi connectivity index (χ3v) is 14.4. The lowest BCUT2D eigenvalue weighted by molar-refractivity contribution is -0.138. The molecule has 0 bridgehead atoms. The van der Waals surface area contributed by atoms with E-state index in [1.54, 1.807) is 24.3 Å². The molecule has 0 aliphatic carbocycles. The number of carboxylic acid groups (broad SMARTS) is 1. The van der Waals surface area contributed by atoms with Crippen LogP contribution in [0.2, 0.25) is 15.1 Å². The van der Waals surface area contributed by atoms with Gasteiger partial charge in [-0.3, -0.25) is 9.36 Å². The van der Waals surface area contributed by atoms with E-state index in [0.29, 0.717) is 21.4 Å². The largest absolute Gasteiger partial charge is 0.488 e. The lowest BCUT2D eigenvalue weighted by Crippen LogP contribution is -2.68. The molecule has 4 aromatic carbocycles. The molecule has 0 fully saturated rings. The maximum Gasteiger partial charge on any atom is 0.305 e. The Morgan fingerprint density at radius 2 is 1.51 bits per heavy atom. The maximum atomic E-state index is 13.3. The van der Waals surface area contributed by atoms with Crippen molar-refractivity contribution in [2.75, 3.05) is 13.0 Å². The van der Waals surface area contributed by atoms with Gasteiger partial charge in [-0.2, -0.15) is 0 Å². The Morgan fingerprint density at radius 3 is 2.06 bits per heavy atom. The van der Waals surface area contributed by atoms with Crippen LogP contribution in [0.5, 0.6) is 5.75 Å². The summed E-state index contributed by atoms with van der Waals surface area (Å²) in [5.74, 6) is -1.04. The van der Waals surface area contributed by atoms with Gasteiger partial charge in [-0.05, 0) is 45.2 Å². The fourth-order valence-electron chi connectivity index (χ4n) is 5.38. The van der Waals surface area contributed by atoms with Crippen molar-refractivity contribution in [1.29, 1.82) is 0 Å². The number of carbonyl (C=O) groups is 1. The lowest BCUT2D eigenvalue weighted by Gasteiger charge is -2.45. The zero-order valence-corrected chi connectivity index (χ0v) is 29.9. The standard InChI is InChI=1S/C35H38Cl2FO7PSi/c1-35(2,3)47(29-10-6-4-7-11-29,30-12-8-5-9-13-30)45-28(20-34(39)40)23-46(41)44-24-42-22-31-32(37)18-26(36)19-33(31)43-21-25-14-16-27(38)17-15-25/h4-19,28,46H,20-24H2,1-3H3,(H,39,40)/t28-/m0/s1. The quantitative estimate of drug-likeness (QED) is 0.0542. The van der Waals surface area contributed by atoms with Crippen LogP contribution >= 0.6 is 31.2 Å². The Bertz CT molecular complexity index is 1600. The Labute approximate surface area is 286 Å². The van der Waals surface area contributed by atoms with Crippen LogP contribution in [0.1, 0.15) is 38.3 Å². The van der Waals surface area contributed by atoms with E-state index in [1.165, 1.54) is 12.1 Å². The fourth-order valence-corrected chi connectivity index (χ4v) is 11.7. The average molecular weight is 720 g/mol. The van der Waals surface area contributed by atoms with Gasteiger partial charge in [0.1, 0.15) is 18.2 Å². The summed E-state index contributed by atoms with van der Waals surface area (Å²) in [6.45, 7) is 6.02. The van der Waals surface area contributed by atoms with Crippen LogP contribution in [-0.4, -0.2) is 38.5 Å². The first-order valence-corrected chi connectivity index (χ1v) is 19.2. The summed E-state index contributed by atoms with van der Waals surface area (Å²) in [7, 11) is -5.91. The van der Waals surface area contributed by atoms with Crippen LogP contribution in [0.4, 0.5) is 4.39 Å². The normalized spacial score (nSPS) is 13.2. The van der Waals surface area contributed by atoms with E-state index in [1.807, 2.05) is 60.7 Å². The highest BCUT2D eigenvalue weighted by Gasteiger charge is 2.51. The monoisotopic (exact) mass is 718 g/mol. The fraction of sp³-hybridized carbons (Fsp3) is 0.286. The van der Waals surface area contributed by atoms with Gasteiger partial charge in [0, 0.05) is 16.7 Å². The number of rotatable bonds is 16. The van der Waals surface area contributed by atoms with Crippen molar-refractivity contribution in [2.45, 2.75) is 51.5 Å². The molecule has 47 heavy (non-hydrogen) atoms. The second-order valence-electron chi connectivity index (χ2n) is 12.0. The van der Waals surface area contributed by atoms with Crippen LogP contribution in [0.15, 0.2) is 97.1 Å². The van der Waals surface area contributed by atoms with Crippen LogP contribution < -0.4 is 15.1 Å². The molecular formula is C35H38Cl2FO7PSi. The van der Waals surface area contributed by atoms with E-state index in [4.69, 9.17) is 41.6 Å². The van der Waals surface area contributed by atoms with E-state index in [9.17, 15) is 18.9 Å². The predicted octanol–water partition coefficient (Wildman–Crippen LogP) is 8.10. The van der Waals surface area contributed by atoms with Gasteiger partial charge in [0.25, 0.3) is 8.32 Å². The van der Waals surface area contributed by atoms with Crippen LogP contribution in [-0.2, 0) is 36.3 Å².